The SMILES string of the molecule is COc1c(C)cc(Cl)c(F)c1CC(C)(C)C(=O)O. The number of carboxylic acids is 1. The van der Waals surface area contributed by atoms with E-state index >= 15 is 0 Å². The minimum Gasteiger partial charge on any atom is -0.496 e. The molecule has 1 aromatic rings. The average molecular weight is 275 g/mol. The van der Waals surface area contributed by atoms with Gasteiger partial charge in [-0.1, -0.05) is 11.6 Å². The van der Waals surface area contributed by atoms with Crippen molar-refractivity contribution in [1.29, 1.82) is 0 Å². The first-order valence-corrected chi connectivity index (χ1v) is 5.83. The number of carbonyl (C=O) groups is 1. The molecule has 0 aliphatic carbocycles. The first kappa shape index (κ1) is 14.8. The zero-order chi connectivity index (χ0) is 14.1. The van der Waals surface area contributed by atoms with Gasteiger partial charge in [-0.15, -0.1) is 0 Å². The molecule has 1 rings (SSSR count). The Balaban J connectivity index is 3.35. The fourth-order valence-corrected chi connectivity index (χ4v) is 2.04. The molecule has 18 heavy (non-hydrogen) atoms. The lowest BCUT2D eigenvalue weighted by Gasteiger charge is -2.22. The number of methoxy groups -OCH3 is 1. The highest BCUT2D eigenvalue weighted by Gasteiger charge is 2.31. The second-order valence-corrected chi connectivity index (χ2v) is 5.27. The van der Waals surface area contributed by atoms with E-state index in [-0.39, 0.29) is 17.0 Å². The Morgan fingerprint density at radius 2 is 2.11 bits per heavy atom. The Kier molecular flexibility index (Phi) is 4.22. The van der Waals surface area contributed by atoms with Crippen LogP contribution in [0.1, 0.15) is 25.0 Å². The fourth-order valence-electron chi connectivity index (χ4n) is 1.76. The molecule has 0 unspecified atom stereocenters. The third-order valence-corrected chi connectivity index (χ3v) is 3.13. The van der Waals surface area contributed by atoms with E-state index in [0.29, 0.717) is 11.3 Å². The molecule has 5 heteroatoms. The maximum absolute atomic E-state index is 14.0. The number of halogens is 2. The summed E-state index contributed by atoms with van der Waals surface area (Å²) in [7, 11) is 1.42. The van der Waals surface area contributed by atoms with E-state index in [0.717, 1.165) is 0 Å². The largest absolute Gasteiger partial charge is 0.496 e. The average Bonchev–Trinajstić information content (AvgIpc) is 2.25. The quantitative estimate of drug-likeness (QED) is 0.915. The molecular weight excluding hydrogens is 259 g/mol. The lowest BCUT2D eigenvalue weighted by molar-refractivity contribution is -0.146. The van der Waals surface area contributed by atoms with Crippen LogP contribution in [0.15, 0.2) is 6.07 Å². The molecule has 0 fully saturated rings. The van der Waals surface area contributed by atoms with Crippen LogP contribution < -0.4 is 4.74 Å². The van der Waals surface area contributed by atoms with Crippen molar-refractivity contribution in [1.82, 2.24) is 0 Å². The summed E-state index contributed by atoms with van der Waals surface area (Å²) in [6.45, 7) is 4.80. The van der Waals surface area contributed by atoms with Crippen molar-refractivity contribution in [2.45, 2.75) is 27.2 Å². The first-order chi connectivity index (χ1) is 8.20. The van der Waals surface area contributed by atoms with Gasteiger partial charge in [-0.25, -0.2) is 4.39 Å². The van der Waals surface area contributed by atoms with Crippen molar-refractivity contribution in [3.8, 4) is 5.75 Å². The molecule has 100 valence electrons. The van der Waals surface area contributed by atoms with Gasteiger partial charge < -0.3 is 9.84 Å². The summed E-state index contributed by atoms with van der Waals surface area (Å²) >= 11 is 5.78. The molecule has 0 spiro atoms. The molecule has 0 aliphatic rings. The molecule has 0 aromatic heterocycles. The van der Waals surface area contributed by atoms with Gasteiger partial charge in [0.2, 0.25) is 0 Å². The third-order valence-electron chi connectivity index (χ3n) is 2.85. The molecule has 0 amide bonds. The summed E-state index contributed by atoms with van der Waals surface area (Å²) in [5.74, 6) is -1.26. The summed E-state index contributed by atoms with van der Waals surface area (Å²) < 4.78 is 19.2. The number of ether oxygens (including phenoxy) is 1. The fraction of sp³-hybridized carbons (Fsp3) is 0.462. The van der Waals surface area contributed by atoms with Crippen LogP contribution >= 0.6 is 11.6 Å². The Hall–Kier alpha value is -1.29. The highest BCUT2D eigenvalue weighted by Crippen LogP contribution is 2.35. The van der Waals surface area contributed by atoms with Gasteiger partial charge in [-0.2, -0.15) is 0 Å². The highest BCUT2D eigenvalue weighted by atomic mass is 35.5. The highest BCUT2D eigenvalue weighted by molar-refractivity contribution is 6.31. The number of hydrogen-bond acceptors (Lipinski definition) is 2. The van der Waals surface area contributed by atoms with Gasteiger partial charge in [-0.05, 0) is 38.8 Å². The smallest absolute Gasteiger partial charge is 0.309 e. The standard InChI is InChI=1S/C13H16ClFO3/c1-7-5-9(14)10(15)8(11(7)18-4)6-13(2,3)12(16)17/h5H,6H2,1-4H3,(H,16,17). The number of aryl methyl sites for hydroxylation is 1. The summed E-state index contributed by atoms with van der Waals surface area (Å²) in [6, 6.07) is 1.47. The number of hydrogen-bond donors (Lipinski definition) is 1. The van der Waals surface area contributed by atoms with E-state index in [4.69, 9.17) is 21.4 Å². The van der Waals surface area contributed by atoms with Crippen molar-refractivity contribution in [2.24, 2.45) is 5.41 Å². The van der Waals surface area contributed by atoms with Crippen LogP contribution in [-0.4, -0.2) is 18.2 Å². The normalized spacial score (nSPS) is 11.4. The predicted molar refractivity (Wildman–Crippen MR) is 67.8 cm³/mol. The van der Waals surface area contributed by atoms with E-state index in [9.17, 15) is 9.18 Å². The zero-order valence-corrected chi connectivity index (χ0v) is 11.6. The Morgan fingerprint density at radius 3 is 2.56 bits per heavy atom. The van der Waals surface area contributed by atoms with Crippen LogP contribution in [0.25, 0.3) is 0 Å². The van der Waals surface area contributed by atoms with Gasteiger partial charge in [0, 0.05) is 5.56 Å². The van der Waals surface area contributed by atoms with Crippen LogP contribution in [0.5, 0.6) is 5.75 Å². The van der Waals surface area contributed by atoms with E-state index in [1.165, 1.54) is 27.0 Å². The molecule has 0 bridgehead atoms. The third kappa shape index (κ3) is 2.75. The van der Waals surface area contributed by atoms with Crippen LogP contribution in [-0.2, 0) is 11.2 Å². The van der Waals surface area contributed by atoms with Gasteiger partial charge in [0.1, 0.15) is 11.6 Å². The van der Waals surface area contributed by atoms with Crippen LogP contribution in [0.2, 0.25) is 5.02 Å². The first-order valence-electron chi connectivity index (χ1n) is 5.45. The van der Waals surface area contributed by atoms with Gasteiger partial charge in [0.15, 0.2) is 0 Å². The Bertz CT molecular complexity index is 484. The molecule has 0 radical (unpaired) electrons. The lowest BCUT2D eigenvalue weighted by atomic mass is 9.85. The maximum atomic E-state index is 14.0. The molecule has 3 nitrogen and oxygen atoms in total. The second-order valence-electron chi connectivity index (χ2n) is 4.87. The molecule has 0 atom stereocenters. The number of benzene rings is 1. The summed E-state index contributed by atoms with van der Waals surface area (Å²) in [5, 5.41) is 9.08. The second kappa shape index (κ2) is 5.14. The molecule has 0 aliphatic heterocycles. The topological polar surface area (TPSA) is 46.5 Å². The van der Waals surface area contributed by atoms with Crippen molar-refractivity contribution in [3.63, 3.8) is 0 Å². The molecule has 0 heterocycles. The van der Waals surface area contributed by atoms with Gasteiger partial charge in [0.25, 0.3) is 0 Å². The molecule has 1 aromatic carbocycles. The van der Waals surface area contributed by atoms with Crippen LogP contribution in [0.3, 0.4) is 0 Å². The monoisotopic (exact) mass is 274 g/mol. The minimum atomic E-state index is -1.09. The predicted octanol–water partition coefficient (Wildman–Crippen LogP) is 3.45. The van der Waals surface area contributed by atoms with Crippen LogP contribution in [0, 0.1) is 18.2 Å². The minimum absolute atomic E-state index is 0.0126. The van der Waals surface area contributed by atoms with E-state index in [1.807, 2.05) is 0 Å². The van der Waals surface area contributed by atoms with Gasteiger partial charge in [0.05, 0.1) is 17.5 Å². The molecule has 0 saturated carbocycles. The molecule has 0 saturated heterocycles. The van der Waals surface area contributed by atoms with Crippen molar-refractivity contribution < 1.29 is 19.0 Å². The zero-order valence-electron chi connectivity index (χ0n) is 10.8. The number of rotatable bonds is 4. The van der Waals surface area contributed by atoms with Gasteiger partial charge in [-0.3, -0.25) is 4.79 Å². The molecular formula is C13H16ClFO3. The number of aliphatic carboxylic acids is 1. The van der Waals surface area contributed by atoms with Crippen molar-refractivity contribution >= 4 is 17.6 Å². The van der Waals surface area contributed by atoms with E-state index < -0.39 is 17.2 Å². The van der Waals surface area contributed by atoms with Gasteiger partial charge >= 0.3 is 5.97 Å². The Labute approximate surface area is 111 Å². The Morgan fingerprint density at radius 1 is 1.56 bits per heavy atom. The lowest BCUT2D eigenvalue weighted by Crippen LogP contribution is -2.27. The van der Waals surface area contributed by atoms with E-state index in [2.05, 4.69) is 0 Å². The maximum Gasteiger partial charge on any atom is 0.309 e. The summed E-state index contributed by atoms with van der Waals surface area (Å²) in [6.07, 6.45) is 0.0126. The van der Waals surface area contributed by atoms with Crippen LogP contribution in [0.4, 0.5) is 4.39 Å². The summed E-state index contributed by atoms with van der Waals surface area (Å²) in [4.78, 5) is 11.1. The van der Waals surface area contributed by atoms with Crippen molar-refractivity contribution in [2.75, 3.05) is 7.11 Å². The molecule has 1 N–H and O–H groups in total. The summed E-state index contributed by atoms with van der Waals surface area (Å²) in [5.41, 5.74) is -0.208. The number of carboxylic acid groups (broad SMARTS) is 1. The van der Waals surface area contributed by atoms with Crippen molar-refractivity contribution in [3.05, 3.63) is 28.0 Å². The van der Waals surface area contributed by atoms with E-state index in [1.54, 1.807) is 6.92 Å².